The van der Waals surface area contributed by atoms with Crippen molar-refractivity contribution < 1.29 is 14.6 Å². The number of carboxylic acid groups (broad SMARTS) is 1. The molecule has 2 N–H and O–H groups in total. The first-order valence-corrected chi connectivity index (χ1v) is 5.36. The normalized spacial score (nSPS) is 11.9. The van der Waals surface area contributed by atoms with Gasteiger partial charge in [0.25, 0.3) is 0 Å². The molecule has 1 heterocycles. The van der Waals surface area contributed by atoms with Gasteiger partial charge in [0.15, 0.2) is 0 Å². The second-order valence-corrected chi connectivity index (χ2v) is 4.50. The Balaban J connectivity index is 2.54. The summed E-state index contributed by atoms with van der Waals surface area (Å²) in [5.74, 6) is -0.916. The van der Waals surface area contributed by atoms with Crippen LogP contribution >= 0.6 is 0 Å². The van der Waals surface area contributed by atoms with Gasteiger partial charge in [-0.3, -0.25) is 0 Å². The molecule has 0 aliphatic carbocycles. The lowest BCUT2D eigenvalue weighted by atomic mass is 10.1. The van der Waals surface area contributed by atoms with E-state index in [1.165, 1.54) is 0 Å². The van der Waals surface area contributed by atoms with Crippen LogP contribution in [0.15, 0.2) is 24.3 Å². The number of aromatic nitrogens is 1. The predicted molar refractivity (Wildman–Crippen MR) is 65.3 cm³/mol. The van der Waals surface area contributed by atoms with Crippen LogP contribution in [0.2, 0.25) is 0 Å². The standard InChI is InChI=1S/C13H15NO3/c1-13(2,17-3)11-7-9-6-8(12(15)16)4-5-10(9)14-11/h4-7,14H,1-3H3,(H,15,16). The van der Waals surface area contributed by atoms with Crippen LogP contribution in [0, 0.1) is 0 Å². The van der Waals surface area contributed by atoms with Crippen molar-refractivity contribution in [2.24, 2.45) is 0 Å². The van der Waals surface area contributed by atoms with Gasteiger partial charge in [-0.2, -0.15) is 0 Å². The number of rotatable bonds is 3. The molecule has 4 nitrogen and oxygen atoms in total. The highest BCUT2D eigenvalue weighted by atomic mass is 16.5. The number of hydrogen-bond donors (Lipinski definition) is 2. The van der Waals surface area contributed by atoms with Crippen molar-refractivity contribution in [3.8, 4) is 0 Å². The third-order valence-electron chi connectivity index (χ3n) is 3.03. The van der Waals surface area contributed by atoms with Crippen molar-refractivity contribution in [2.45, 2.75) is 19.4 Å². The van der Waals surface area contributed by atoms with Gasteiger partial charge in [0.2, 0.25) is 0 Å². The van der Waals surface area contributed by atoms with Crippen LogP contribution in [-0.4, -0.2) is 23.2 Å². The highest BCUT2D eigenvalue weighted by Crippen LogP contribution is 2.27. The molecule has 0 spiro atoms. The number of fused-ring (bicyclic) bond motifs is 1. The van der Waals surface area contributed by atoms with E-state index >= 15 is 0 Å². The molecule has 2 aromatic rings. The maximum atomic E-state index is 10.9. The van der Waals surface area contributed by atoms with E-state index in [0.717, 1.165) is 16.6 Å². The summed E-state index contributed by atoms with van der Waals surface area (Å²) in [5, 5.41) is 9.80. The fourth-order valence-electron chi connectivity index (χ4n) is 1.70. The third kappa shape index (κ3) is 2.03. The van der Waals surface area contributed by atoms with Crippen LogP contribution in [-0.2, 0) is 10.3 Å². The van der Waals surface area contributed by atoms with Crippen LogP contribution in [0.1, 0.15) is 29.9 Å². The molecule has 17 heavy (non-hydrogen) atoms. The number of carbonyl (C=O) groups is 1. The lowest BCUT2D eigenvalue weighted by Gasteiger charge is -2.21. The predicted octanol–water partition coefficient (Wildman–Crippen LogP) is 2.75. The molecule has 0 atom stereocenters. The molecular weight excluding hydrogens is 218 g/mol. The lowest BCUT2D eigenvalue weighted by molar-refractivity contribution is 0.0161. The van der Waals surface area contributed by atoms with Gasteiger partial charge in [0.1, 0.15) is 5.60 Å². The Morgan fingerprint density at radius 1 is 1.35 bits per heavy atom. The van der Waals surface area contributed by atoms with Gasteiger partial charge in [-0.05, 0) is 38.1 Å². The molecule has 0 saturated carbocycles. The van der Waals surface area contributed by atoms with Crippen molar-refractivity contribution in [1.82, 2.24) is 4.98 Å². The summed E-state index contributed by atoms with van der Waals surface area (Å²) in [5.41, 5.74) is 1.72. The zero-order chi connectivity index (χ0) is 12.6. The van der Waals surface area contributed by atoms with Crippen LogP contribution in [0.5, 0.6) is 0 Å². The van der Waals surface area contributed by atoms with E-state index in [1.54, 1.807) is 25.3 Å². The number of carboxylic acids is 1. The molecule has 0 bridgehead atoms. The molecule has 0 aliphatic heterocycles. The highest BCUT2D eigenvalue weighted by molar-refractivity contribution is 5.93. The Morgan fingerprint density at radius 3 is 2.65 bits per heavy atom. The zero-order valence-electron chi connectivity index (χ0n) is 10.1. The Kier molecular flexibility index (Phi) is 2.67. The Bertz CT molecular complexity index is 569. The largest absolute Gasteiger partial charge is 0.478 e. The van der Waals surface area contributed by atoms with E-state index in [0.29, 0.717) is 5.56 Å². The number of methoxy groups -OCH3 is 1. The molecule has 4 heteroatoms. The SMILES string of the molecule is COC(C)(C)c1cc2cc(C(=O)O)ccc2[nH]1. The van der Waals surface area contributed by atoms with Gasteiger partial charge in [-0.1, -0.05) is 0 Å². The summed E-state index contributed by atoms with van der Waals surface area (Å²) in [4.78, 5) is 14.1. The average molecular weight is 233 g/mol. The Hall–Kier alpha value is -1.81. The second-order valence-electron chi connectivity index (χ2n) is 4.50. The molecular formula is C13H15NO3. The quantitative estimate of drug-likeness (QED) is 0.856. The van der Waals surface area contributed by atoms with E-state index in [-0.39, 0.29) is 0 Å². The Morgan fingerprint density at radius 2 is 2.06 bits per heavy atom. The maximum absolute atomic E-state index is 10.9. The zero-order valence-corrected chi connectivity index (χ0v) is 10.1. The van der Waals surface area contributed by atoms with Crippen LogP contribution in [0.4, 0.5) is 0 Å². The van der Waals surface area contributed by atoms with Gasteiger partial charge in [0, 0.05) is 23.7 Å². The van der Waals surface area contributed by atoms with Crippen molar-refractivity contribution in [3.63, 3.8) is 0 Å². The number of aromatic amines is 1. The fourth-order valence-corrected chi connectivity index (χ4v) is 1.70. The summed E-state index contributed by atoms with van der Waals surface area (Å²) in [6, 6.07) is 6.94. The van der Waals surface area contributed by atoms with Gasteiger partial charge >= 0.3 is 5.97 Å². The molecule has 1 aromatic heterocycles. The van der Waals surface area contributed by atoms with Gasteiger partial charge in [-0.15, -0.1) is 0 Å². The van der Waals surface area contributed by atoms with E-state index in [4.69, 9.17) is 9.84 Å². The number of nitrogens with one attached hydrogen (secondary N) is 1. The fraction of sp³-hybridized carbons (Fsp3) is 0.308. The summed E-state index contributed by atoms with van der Waals surface area (Å²) in [7, 11) is 1.65. The Labute approximate surface area is 99.2 Å². The van der Waals surface area contributed by atoms with E-state index in [2.05, 4.69) is 4.98 Å². The third-order valence-corrected chi connectivity index (χ3v) is 3.03. The molecule has 0 amide bonds. The smallest absolute Gasteiger partial charge is 0.335 e. The molecule has 0 fully saturated rings. The number of aromatic carboxylic acids is 1. The van der Waals surface area contributed by atoms with E-state index < -0.39 is 11.6 Å². The maximum Gasteiger partial charge on any atom is 0.335 e. The molecule has 2 rings (SSSR count). The van der Waals surface area contributed by atoms with E-state index in [1.807, 2.05) is 19.9 Å². The van der Waals surface area contributed by atoms with Gasteiger partial charge < -0.3 is 14.8 Å². The highest BCUT2D eigenvalue weighted by Gasteiger charge is 2.21. The topological polar surface area (TPSA) is 62.3 Å². The molecule has 90 valence electrons. The first-order valence-electron chi connectivity index (χ1n) is 5.36. The summed E-state index contributed by atoms with van der Waals surface area (Å²) in [6.07, 6.45) is 0. The molecule has 1 aromatic carbocycles. The van der Waals surface area contributed by atoms with Crippen LogP contribution in [0.25, 0.3) is 10.9 Å². The van der Waals surface area contributed by atoms with Crippen molar-refractivity contribution in [2.75, 3.05) is 7.11 Å². The van der Waals surface area contributed by atoms with E-state index in [9.17, 15) is 4.79 Å². The van der Waals surface area contributed by atoms with Crippen molar-refractivity contribution in [3.05, 3.63) is 35.5 Å². The number of benzene rings is 1. The number of H-pyrrole nitrogens is 1. The minimum atomic E-state index is -0.916. The minimum Gasteiger partial charge on any atom is -0.478 e. The average Bonchev–Trinajstić information content (AvgIpc) is 2.72. The lowest BCUT2D eigenvalue weighted by Crippen LogP contribution is -2.19. The monoisotopic (exact) mass is 233 g/mol. The second kappa shape index (κ2) is 3.89. The first-order chi connectivity index (χ1) is 7.94. The van der Waals surface area contributed by atoms with Gasteiger partial charge in [-0.25, -0.2) is 4.79 Å². The first kappa shape index (κ1) is 11.7. The number of ether oxygens (including phenoxy) is 1. The number of hydrogen-bond acceptors (Lipinski definition) is 2. The van der Waals surface area contributed by atoms with Gasteiger partial charge in [0.05, 0.1) is 5.56 Å². The summed E-state index contributed by atoms with van der Waals surface area (Å²) < 4.78 is 5.38. The summed E-state index contributed by atoms with van der Waals surface area (Å²) in [6.45, 7) is 3.91. The molecule has 0 unspecified atom stereocenters. The molecule has 0 radical (unpaired) electrons. The van der Waals surface area contributed by atoms with Crippen molar-refractivity contribution in [1.29, 1.82) is 0 Å². The molecule has 0 saturated heterocycles. The van der Waals surface area contributed by atoms with Crippen LogP contribution < -0.4 is 0 Å². The van der Waals surface area contributed by atoms with Crippen molar-refractivity contribution >= 4 is 16.9 Å². The minimum absolute atomic E-state index is 0.290. The van der Waals surface area contributed by atoms with Crippen LogP contribution in [0.3, 0.4) is 0 Å². The summed E-state index contributed by atoms with van der Waals surface area (Å²) >= 11 is 0. The molecule has 0 aliphatic rings.